The molecule has 10 nitrogen and oxygen atoms in total. The molecule has 43 heavy (non-hydrogen) atoms. The van der Waals surface area contributed by atoms with E-state index in [0.29, 0.717) is 40.8 Å². The molecule has 1 atom stereocenters. The van der Waals surface area contributed by atoms with Crippen LogP contribution in [0, 0.1) is 12.3 Å². The van der Waals surface area contributed by atoms with Gasteiger partial charge < -0.3 is 25.3 Å². The molecule has 6 rings (SSSR count). The topological polar surface area (TPSA) is 104 Å². The quantitative estimate of drug-likeness (QED) is 0.329. The van der Waals surface area contributed by atoms with Crippen molar-refractivity contribution in [2.24, 2.45) is 5.41 Å². The number of nitrogens with one attached hydrogen (secondary N) is 1. The number of anilines is 5. The van der Waals surface area contributed by atoms with Crippen molar-refractivity contribution in [3.8, 4) is 0 Å². The monoisotopic (exact) mass is 584 g/mol. The Morgan fingerprint density at radius 2 is 1.79 bits per heavy atom. The van der Waals surface area contributed by atoms with Gasteiger partial charge in [-0.25, -0.2) is 15.0 Å². The molecule has 1 unspecified atom stereocenters. The van der Waals surface area contributed by atoms with Crippen molar-refractivity contribution < 1.29 is 10.2 Å². The van der Waals surface area contributed by atoms with E-state index in [1.54, 1.807) is 42.2 Å². The minimum absolute atomic E-state index is 0.365. The van der Waals surface area contributed by atoms with Gasteiger partial charge in [0.05, 0.1) is 11.3 Å². The number of aliphatic hydroxyl groups is 2. The first-order valence-electron chi connectivity index (χ1n) is 15.3. The SMILES string of the molecule is C=CCN1C(O)c2cnc(Nc3ccc(N4CCC5(CCN(C)CC5)CC4)cc3C)nc2N1c1cccc(C(C)(C)O)n1. The summed E-state index contributed by atoms with van der Waals surface area (Å²) in [5, 5.41) is 28.6. The standard InChI is InChI=1S/C33H44N8O2/c1-6-16-40-30(42)25-22-34-31(37-29(25)41(40)28-9-7-8-27(36-28)32(3,4)43)35-26-11-10-24(21-23(26)2)39-19-14-33(15-20-39)12-17-38(5)18-13-33/h6-11,21-22,30,42-43H,1,12-20H2,2-5H3,(H,34,35,37). The zero-order valence-electron chi connectivity index (χ0n) is 25.8. The Hall–Kier alpha value is -3.57. The van der Waals surface area contributed by atoms with Gasteiger partial charge in [0.2, 0.25) is 5.95 Å². The fraction of sp³-hybridized carbons (Fsp3) is 0.485. The largest absolute Gasteiger partial charge is 0.384 e. The van der Waals surface area contributed by atoms with Crippen LogP contribution in [0.15, 0.2) is 55.3 Å². The van der Waals surface area contributed by atoms with Crippen LogP contribution < -0.4 is 15.2 Å². The molecule has 228 valence electrons. The van der Waals surface area contributed by atoms with Crippen LogP contribution in [0.5, 0.6) is 0 Å². The van der Waals surface area contributed by atoms with Crippen molar-refractivity contribution in [3.05, 3.63) is 72.1 Å². The Labute approximate surface area is 254 Å². The van der Waals surface area contributed by atoms with Crippen molar-refractivity contribution in [3.63, 3.8) is 0 Å². The molecular formula is C33H44N8O2. The average molecular weight is 585 g/mol. The lowest BCUT2D eigenvalue weighted by Gasteiger charge is -2.47. The molecule has 2 fully saturated rings. The Morgan fingerprint density at radius 3 is 2.47 bits per heavy atom. The van der Waals surface area contributed by atoms with Crippen molar-refractivity contribution >= 4 is 29.0 Å². The molecule has 3 N–H and O–H groups in total. The number of nitrogens with zero attached hydrogens (tertiary/aromatic N) is 7. The first-order valence-corrected chi connectivity index (χ1v) is 15.3. The minimum atomic E-state index is -1.12. The summed E-state index contributed by atoms with van der Waals surface area (Å²) in [6.45, 7) is 14.4. The van der Waals surface area contributed by atoms with Gasteiger partial charge >= 0.3 is 0 Å². The zero-order valence-corrected chi connectivity index (χ0v) is 25.8. The fourth-order valence-electron chi connectivity index (χ4n) is 6.56. The van der Waals surface area contributed by atoms with Crippen molar-refractivity contribution in [2.75, 3.05) is 55.0 Å². The van der Waals surface area contributed by atoms with E-state index in [-0.39, 0.29) is 0 Å². The third-order valence-electron chi connectivity index (χ3n) is 9.40. The van der Waals surface area contributed by atoms with Gasteiger partial charge in [-0.2, -0.15) is 9.99 Å². The van der Waals surface area contributed by atoms with Crippen molar-refractivity contribution in [2.45, 2.75) is 58.3 Å². The van der Waals surface area contributed by atoms with E-state index >= 15 is 0 Å². The number of fused-ring (bicyclic) bond motifs is 1. The van der Waals surface area contributed by atoms with Crippen LogP contribution in [0.3, 0.4) is 0 Å². The molecule has 2 saturated heterocycles. The van der Waals surface area contributed by atoms with Crippen LogP contribution in [-0.2, 0) is 5.60 Å². The lowest BCUT2D eigenvalue weighted by Crippen LogP contribution is -2.46. The van der Waals surface area contributed by atoms with Crippen molar-refractivity contribution in [1.82, 2.24) is 24.9 Å². The van der Waals surface area contributed by atoms with Crippen LogP contribution in [0.2, 0.25) is 0 Å². The zero-order chi connectivity index (χ0) is 30.4. The highest BCUT2D eigenvalue weighted by Crippen LogP contribution is 2.43. The molecule has 3 aromatic rings. The smallest absolute Gasteiger partial charge is 0.229 e. The molecule has 0 radical (unpaired) electrons. The molecule has 0 saturated carbocycles. The molecule has 3 aliphatic heterocycles. The number of benzene rings is 1. The van der Waals surface area contributed by atoms with E-state index in [1.165, 1.54) is 44.5 Å². The maximum Gasteiger partial charge on any atom is 0.229 e. The number of aromatic nitrogens is 3. The van der Waals surface area contributed by atoms with Crippen LogP contribution in [0.25, 0.3) is 0 Å². The first-order chi connectivity index (χ1) is 20.6. The number of hydrogen-bond acceptors (Lipinski definition) is 10. The summed E-state index contributed by atoms with van der Waals surface area (Å²) >= 11 is 0. The predicted molar refractivity (Wildman–Crippen MR) is 171 cm³/mol. The Bertz CT molecular complexity index is 1470. The lowest BCUT2D eigenvalue weighted by molar-refractivity contribution is 0.0244. The predicted octanol–water partition coefficient (Wildman–Crippen LogP) is 5.01. The van der Waals surface area contributed by atoms with Gasteiger partial charge in [0, 0.05) is 37.2 Å². The number of likely N-dealkylation sites (tertiary alicyclic amines) is 1. The molecule has 5 heterocycles. The lowest BCUT2D eigenvalue weighted by atomic mass is 9.71. The summed E-state index contributed by atoms with van der Waals surface area (Å²) in [6, 6.07) is 12.0. The summed E-state index contributed by atoms with van der Waals surface area (Å²) in [5.74, 6) is 1.48. The maximum absolute atomic E-state index is 11.2. The highest BCUT2D eigenvalue weighted by Gasteiger charge is 2.39. The van der Waals surface area contributed by atoms with E-state index in [4.69, 9.17) is 9.97 Å². The summed E-state index contributed by atoms with van der Waals surface area (Å²) in [4.78, 5) is 19.1. The molecule has 3 aliphatic rings. The van der Waals surface area contributed by atoms with Crippen LogP contribution >= 0.6 is 0 Å². The molecule has 0 aliphatic carbocycles. The van der Waals surface area contributed by atoms with Gasteiger partial charge in [0.15, 0.2) is 12.0 Å². The van der Waals surface area contributed by atoms with E-state index < -0.39 is 11.8 Å². The van der Waals surface area contributed by atoms with Gasteiger partial charge in [-0.15, -0.1) is 6.58 Å². The summed E-state index contributed by atoms with van der Waals surface area (Å²) in [6.07, 6.45) is 7.58. The highest BCUT2D eigenvalue weighted by molar-refractivity contribution is 5.68. The number of aliphatic hydroxyl groups excluding tert-OH is 1. The van der Waals surface area contributed by atoms with Crippen LogP contribution in [-0.4, -0.2) is 74.8 Å². The first kappa shape index (κ1) is 29.5. The van der Waals surface area contributed by atoms with Gasteiger partial charge in [0.1, 0.15) is 11.4 Å². The number of aryl methyl sites for hydroxylation is 1. The second kappa shape index (κ2) is 11.5. The van der Waals surface area contributed by atoms with Gasteiger partial charge in [-0.1, -0.05) is 12.1 Å². The van der Waals surface area contributed by atoms with Crippen LogP contribution in [0.1, 0.15) is 62.6 Å². The summed E-state index contributed by atoms with van der Waals surface area (Å²) < 4.78 is 0. The number of piperidine rings is 2. The van der Waals surface area contributed by atoms with E-state index in [1.807, 2.05) is 12.1 Å². The second-order valence-corrected chi connectivity index (χ2v) is 12.9. The van der Waals surface area contributed by atoms with Crippen molar-refractivity contribution in [1.29, 1.82) is 0 Å². The average Bonchev–Trinajstić information content (AvgIpc) is 3.26. The van der Waals surface area contributed by atoms with E-state index in [0.717, 1.165) is 24.3 Å². The van der Waals surface area contributed by atoms with E-state index in [9.17, 15) is 10.2 Å². The Morgan fingerprint density at radius 1 is 1.07 bits per heavy atom. The molecular weight excluding hydrogens is 540 g/mol. The molecule has 0 bridgehead atoms. The highest BCUT2D eigenvalue weighted by atomic mass is 16.3. The van der Waals surface area contributed by atoms with Crippen LogP contribution in [0.4, 0.5) is 29.0 Å². The number of pyridine rings is 1. The third kappa shape index (κ3) is 5.84. The number of rotatable bonds is 7. The fourth-order valence-corrected chi connectivity index (χ4v) is 6.56. The number of hydrazine groups is 1. The maximum atomic E-state index is 11.2. The third-order valence-corrected chi connectivity index (χ3v) is 9.40. The molecule has 1 aromatic carbocycles. The summed E-state index contributed by atoms with van der Waals surface area (Å²) in [5.41, 5.74) is 3.80. The summed E-state index contributed by atoms with van der Waals surface area (Å²) in [7, 11) is 2.24. The van der Waals surface area contributed by atoms with Gasteiger partial charge in [0.25, 0.3) is 0 Å². The Kier molecular flexibility index (Phi) is 7.89. The molecule has 1 spiro atoms. The number of hydrogen-bond donors (Lipinski definition) is 3. The van der Waals surface area contributed by atoms with E-state index in [2.05, 4.69) is 58.9 Å². The molecule has 2 aromatic heterocycles. The normalized spacial score (nSPS) is 20.8. The Balaban J connectivity index is 1.22. The molecule has 0 amide bonds. The van der Waals surface area contributed by atoms with Gasteiger partial charge in [-0.05, 0) is 108 Å². The molecule has 10 heteroatoms. The van der Waals surface area contributed by atoms with Gasteiger partial charge in [-0.3, -0.25) is 0 Å². The second-order valence-electron chi connectivity index (χ2n) is 12.9. The minimum Gasteiger partial charge on any atom is -0.384 e.